The first kappa shape index (κ1) is 20.4. The maximum Gasteiger partial charge on any atom is 0.270 e. The van der Waals surface area contributed by atoms with Crippen LogP contribution >= 0.6 is 11.6 Å². The largest absolute Gasteiger partial charge is 0.351 e. The Kier molecular flexibility index (Phi) is 6.06. The van der Waals surface area contributed by atoms with Crippen LogP contribution in [0.25, 0.3) is 10.9 Å². The maximum absolute atomic E-state index is 12.9. The number of hydrogen-bond acceptors (Lipinski definition) is 3. The Balaban J connectivity index is 1.30. The van der Waals surface area contributed by atoms with Gasteiger partial charge in [-0.15, -0.1) is 0 Å². The lowest BCUT2D eigenvalue weighted by Crippen LogP contribution is -2.54. The van der Waals surface area contributed by atoms with Gasteiger partial charge in [0.25, 0.3) is 5.91 Å². The molecule has 7 heteroatoms. The summed E-state index contributed by atoms with van der Waals surface area (Å²) >= 11 is 6.16. The third-order valence-electron chi connectivity index (χ3n) is 5.70. The lowest BCUT2D eigenvalue weighted by molar-refractivity contribution is -0.126. The fraction of sp³-hybridized carbons (Fsp3) is 0.304. The van der Waals surface area contributed by atoms with E-state index in [1.807, 2.05) is 66.4 Å². The Labute approximate surface area is 180 Å². The highest BCUT2D eigenvalue weighted by molar-refractivity contribution is 6.31. The van der Waals surface area contributed by atoms with Crippen molar-refractivity contribution in [1.29, 1.82) is 0 Å². The number of H-pyrrole nitrogens is 1. The predicted molar refractivity (Wildman–Crippen MR) is 119 cm³/mol. The Morgan fingerprint density at radius 3 is 2.50 bits per heavy atom. The van der Waals surface area contributed by atoms with E-state index in [0.29, 0.717) is 43.4 Å². The molecule has 2 amide bonds. The fourth-order valence-corrected chi connectivity index (χ4v) is 4.01. The second-order valence-electron chi connectivity index (χ2n) is 7.58. The van der Waals surface area contributed by atoms with Gasteiger partial charge < -0.3 is 15.2 Å². The third kappa shape index (κ3) is 4.35. The number of benzene rings is 2. The van der Waals surface area contributed by atoms with Crippen LogP contribution in [-0.4, -0.2) is 58.8 Å². The SMILES string of the molecule is CC(C(=O)NCc1ccccc1Cl)N1CCN(C(=O)c2cc3ccccc3[nH]2)CC1. The minimum Gasteiger partial charge on any atom is -0.351 e. The van der Waals surface area contributed by atoms with Crippen LogP contribution in [0.5, 0.6) is 0 Å². The second-order valence-corrected chi connectivity index (χ2v) is 7.99. The Morgan fingerprint density at radius 1 is 1.07 bits per heavy atom. The molecule has 1 atom stereocenters. The number of fused-ring (bicyclic) bond motifs is 1. The monoisotopic (exact) mass is 424 g/mol. The minimum atomic E-state index is -0.266. The molecule has 2 heterocycles. The van der Waals surface area contributed by atoms with Crippen molar-refractivity contribution in [2.24, 2.45) is 0 Å². The van der Waals surface area contributed by atoms with Crippen LogP contribution in [0.1, 0.15) is 23.0 Å². The molecule has 0 spiro atoms. The van der Waals surface area contributed by atoms with E-state index in [0.717, 1.165) is 16.5 Å². The summed E-state index contributed by atoms with van der Waals surface area (Å²) < 4.78 is 0. The molecule has 0 aliphatic carbocycles. The zero-order valence-electron chi connectivity index (χ0n) is 16.9. The van der Waals surface area contributed by atoms with E-state index < -0.39 is 0 Å². The first-order chi connectivity index (χ1) is 14.5. The molecule has 6 nitrogen and oxygen atoms in total. The van der Waals surface area contributed by atoms with Crippen LogP contribution < -0.4 is 5.32 Å². The van der Waals surface area contributed by atoms with Crippen LogP contribution in [0, 0.1) is 0 Å². The average molecular weight is 425 g/mol. The summed E-state index contributed by atoms with van der Waals surface area (Å²) in [5, 5.41) is 4.64. The van der Waals surface area contributed by atoms with Crippen LogP contribution in [0.3, 0.4) is 0 Å². The van der Waals surface area contributed by atoms with Crippen molar-refractivity contribution in [2.75, 3.05) is 26.2 Å². The standard InChI is InChI=1S/C23H25ClN4O2/c1-16(22(29)25-15-18-7-2-4-8-19(18)24)27-10-12-28(13-11-27)23(30)21-14-17-6-3-5-9-20(17)26-21/h2-9,14,16,26H,10-13,15H2,1H3,(H,25,29). The maximum atomic E-state index is 12.9. The molecule has 156 valence electrons. The first-order valence-electron chi connectivity index (χ1n) is 10.1. The number of aromatic nitrogens is 1. The Bertz CT molecular complexity index is 1020. The molecule has 0 bridgehead atoms. The molecule has 0 saturated carbocycles. The van der Waals surface area contributed by atoms with Gasteiger partial charge in [-0.3, -0.25) is 14.5 Å². The number of halogens is 1. The van der Waals surface area contributed by atoms with Crippen LogP contribution in [0.2, 0.25) is 5.02 Å². The molecule has 2 aromatic carbocycles. The molecule has 1 aliphatic rings. The normalized spacial score (nSPS) is 15.9. The average Bonchev–Trinajstić information content (AvgIpc) is 3.22. The molecular formula is C23H25ClN4O2. The van der Waals surface area contributed by atoms with Crippen molar-refractivity contribution >= 4 is 34.3 Å². The van der Waals surface area contributed by atoms with E-state index in [1.54, 1.807) is 0 Å². The van der Waals surface area contributed by atoms with Crippen molar-refractivity contribution in [1.82, 2.24) is 20.1 Å². The molecule has 1 aliphatic heterocycles. The number of piperazine rings is 1. The van der Waals surface area contributed by atoms with Gasteiger partial charge in [0.15, 0.2) is 0 Å². The number of amides is 2. The van der Waals surface area contributed by atoms with Crippen molar-refractivity contribution in [3.63, 3.8) is 0 Å². The number of nitrogens with zero attached hydrogens (tertiary/aromatic N) is 2. The molecular weight excluding hydrogens is 400 g/mol. The fourth-order valence-electron chi connectivity index (χ4n) is 3.81. The number of nitrogens with one attached hydrogen (secondary N) is 2. The minimum absolute atomic E-state index is 0.00155. The van der Waals surface area contributed by atoms with Gasteiger partial charge in [0, 0.05) is 48.6 Å². The molecule has 1 unspecified atom stereocenters. The van der Waals surface area contributed by atoms with Gasteiger partial charge in [-0.1, -0.05) is 48.0 Å². The molecule has 30 heavy (non-hydrogen) atoms. The van der Waals surface area contributed by atoms with Gasteiger partial charge in [0.1, 0.15) is 5.69 Å². The summed E-state index contributed by atoms with van der Waals surface area (Å²) in [6, 6.07) is 17.0. The molecule has 3 aromatic rings. The number of para-hydroxylation sites is 1. The third-order valence-corrected chi connectivity index (χ3v) is 6.07. The van der Waals surface area contributed by atoms with Crippen molar-refractivity contribution in [3.8, 4) is 0 Å². The van der Waals surface area contributed by atoms with E-state index >= 15 is 0 Å². The van der Waals surface area contributed by atoms with E-state index in [-0.39, 0.29) is 17.9 Å². The summed E-state index contributed by atoms with van der Waals surface area (Å²) in [4.78, 5) is 32.6. The zero-order chi connectivity index (χ0) is 21.1. The molecule has 1 saturated heterocycles. The summed E-state index contributed by atoms with van der Waals surface area (Å²) in [7, 11) is 0. The van der Waals surface area contributed by atoms with E-state index in [1.165, 1.54) is 0 Å². The number of rotatable bonds is 5. The summed E-state index contributed by atoms with van der Waals surface area (Å²) in [5.41, 5.74) is 2.46. The lowest BCUT2D eigenvalue weighted by Gasteiger charge is -2.37. The van der Waals surface area contributed by atoms with Crippen LogP contribution in [0.4, 0.5) is 0 Å². The molecule has 4 rings (SSSR count). The molecule has 1 aromatic heterocycles. The van der Waals surface area contributed by atoms with E-state index in [9.17, 15) is 9.59 Å². The smallest absolute Gasteiger partial charge is 0.270 e. The van der Waals surface area contributed by atoms with E-state index in [4.69, 9.17) is 11.6 Å². The number of aromatic amines is 1. The summed E-state index contributed by atoms with van der Waals surface area (Å²) in [5.74, 6) is -0.0352. The molecule has 2 N–H and O–H groups in total. The van der Waals surface area contributed by atoms with Gasteiger partial charge >= 0.3 is 0 Å². The second kappa shape index (κ2) is 8.90. The highest BCUT2D eigenvalue weighted by atomic mass is 35.5. The Hall–Kier alpha value is -2.83. The summed E-state index contributed by atoms with van der Waals surface area (Å²) in [6.07, 6.45) is 0. The molecule has 0 radical (unpaired) electrons. The van der Waals surface area contributed by atoms with Gasteiger partial charge in [-0.2, -0.15) is 0 Å². The van der Waals surface area contributed by atoms with Crippen LogP contribution in [0.15, 0.2) is 54.6 Å². The predicted octanol–water partition coefficient (Wildman–Crippen LogP) is 3.28. The van der Waals surface area contributed by atoms with Gasteiger partial charge in [-0.05, 0) is 30.7 Å². The van der Waals surface area contributed by atoms with Gasteiger partial charge in [-0.25, -0.2) is 0 Å². The highest BCUT2D eigenvalue weighted by Crippen LogP contribution is 2.18. The lowest BCUT2D eigenvalue weighted by atomic mass is 10.2. The number of carbonyl (C=O) groups excluding carboxylic acids is 2. The van der Waals surface area contributed by atoms with Gasteiger partial charge in [0.05, 0.1) is 6.04 Å². The Morgan fingerprint density at radius 2 is 1.77 bits per heavy atom. The highest BCUT2D eigenvalue weighted by Gasteiger charge is 2.28. The number of hydrogen-bond donors (Lipinski definition) is 2. The zero-order valence-corrected chi connectivity index (χ0v) is 17.7. The first-order valence-corrected chi connectivity index (χ1v) is 10.5. The summed E-state index contributed by atoms with van der Waals surface area (Å²) in [6.45, 7) is 4.81. The van der Waals surface area contributed by atoms with Crippen molar-refractivity contribution in [3.05, 3.63) is 70.9 Å². The van der Waals surface area contributed by atoms with E-state index in [2.05, 4.69) is 15.2 Å². The topological polar surface area (TPSA) is 68.4 Å². The van der Waals surface area contributed by atoms with Crippen LogP contribution in [-0.2, 0) is 11.3 Å². The van der Waals surface area contributed by atoms with Gasteiger partial charge in [0.2, 0.25) is 5.91 Å². The van der Waals surface area contributed by atoms with Crippen molar-refractivity contribution < 1.29 is 9.59 Å². The van der Waals surface area contributed by atoms with Crippen molar-refractivity contribution in [2.45, 2.75) is 19.5 Å². The number of carbonyl (C=O) groups is 2. The quantitative estimate of drug-likeness (QED) is 0.660. The molecule has 1 fully saturated rings.